The van der Waals surface area contributed by atoms with E-state index in [2.05, 4.69) is 5.32 Å². The van der Waals surface area contributed by atoms with Gasteiger partial charge in [-0.3, -0.25) is 14.5 Å². The van der Waals surface area contributed by atoms with Crippen molar-refractivity contribution >= 4 is 11.7 Å². The van der Waals surface area contributed by atoms with E-state index in [9.17, 15) is 9.59 Å². The number of hydrogen-bond acceptors (Lipinski definition) is 4. The molecule has 0 aliphatic carbocycles. The van der Waals surface area contributed by atoms with Gasteiger partial charge in [0.15, 0.2) is 5.78 Å². The van der Waals surface area contributed by atoms with E-state index in [0.717, 1.165) is 19.4 Å². The molecule has 0 aromatic carbocycles. The quantitative estimate of drug-likeness (QED) is 0.739. The van der Waals surface area contributed by atoms with Crippen molar-refractivity contribution < 1.29 is 14.3 Å². The van der Waals surface area contributed by atoms with Gasteiger partial charge >= 0.3 is 0 Å². The summed E-state index contributed by atoms with van der Waals surface area (Å²) in [6.07, 6.45) is 1.58. The first-order chi connectivity index (χ1) is 8.22. The third kappa shape index (κ3) is 2.84. The van der Waals surface area contributed by atoms with Crippen molar-refractivity contribution in [2.24, 2.45) is 5.92 Å². The van der Waals surface area contributed by atoms with Crippen LogP contribution in [0.15, 0.2) is 0 Å². The Kier molecular flexibility index (Phi) is 4.12. The van der Waals surface area contributed by atoms with Gasteiger partial charge in [0.2, 0.25) is 5.91 Å². The van der Waals surface area contributed by atoms with Gasteiger partial charge in [0, 0.05) is 25.6 Å². The molecule has 0 aromatic rings. The second-order valence-corrected chi connectivity index (χ2v) is 4.71. The van der Waals surface area contributed by atoms with Gasteiger partial charge in [0.05, 0.1) is 19.2 Å². The largest absolute Gasteiger partial charge is 0.381 e. The van der Waals surface area contributed by atoms with Crippen LogP contribution in [0.1, 0.15) is 19.8 Å². The van der Waals surface area contributed by atoms with Crippen LogP contribution in [0, 0.1) is 5.92 Å². The molecule has 1 N–H and O–H groups in total. The number of carbonyl (C=O) groups excluding carboxylic acids is 2. The van der Waals surface area contributed by atoms with Crippen molar-refractivity contribution in [3.63, 3.8) is 0 Å². The first kappa shape index (κ1) is 12.5. The maximum Gasteiger partial charge on any atom is 0.237 e. The first-order valence-corrected chi connectivity index (χ1v) is 6.34. The lowest BCUT2D eigenvalue weighted by Gasteiger charge is -2.34. The smallest absolute Gasteiger partial charge is 0.237 e. The average molecular weight is 240 g/mol. The minimum Gasteiger partial charge on any atom is -0.381 e. The molecule has 2 saturated heterocycles. The highest BCUT2D eigenvalue weighted by molar-refractivity contribution is 5.86. The van der Waals surface area contributed by atoms with Gasteiger partial charge in [0.1, 0.15) is 0 Å². The lowest BCUT2D eigenvalue weighted by Crippen LogP contribution is -2.56. The van der Waals surface area contributed by atoms with Crippen LogP contribution in [-0.4, -0.2) is 55.5 Å². The number of nitrogens with zero attached hydrogens (tertiary/aromatic N) is 1. The molecule has 2 rings (SSSR count). The number of nitrogens with one attached hydrogen (secondary N) is 1. The Bertz CT molecular complexity index is 300. The first-order valence-electron chi connectivity index (χ1n) is 6.34. The highest BCUT2D eigenvalue weighted by Crippen LogP contribution is 2.16. The summed E-state index contributed by atoms with van der Waals surface area (Å²) in [7, 11) is 0. The number of rotatable bonds is 4. The van der Waals surface area contributed by atoms with E-state index < -0.39 is 0 Å². The number of carbonyl (C=O) groups is 2. The molecule has 2 fully saturated rings. The van der Waals surface area contributed by atoms with Crippen LogP contribution >= 0.6 is 0 Å². The van der Waals surface area contributed by atoms with Gasteiger partial charge in [-0.05, 0) is 12.8 Å². The molecule has 2 aliphatic heterocycles. The summed E-state index contributed by atoms with van der Waals surface area (Å²) < 4.78 is 5.22. The SMILES string of the molecule is CCC1C(=O)NCCN1CC(=O)C1CCOC1. The fraction of sp³-hybridized carbons (Fsp3) is 0.833. The molecule has 5 nitrogen and oxygen atoms in total. The van der Waals surface area contributed by atoms with Crippen molar-refractivity contribution in [3.05, 3.63) is 0 Å². The topological polar surface area (TPSA) is 58.6 Å². The van der Waals surface area contributed by atoms with Crippen molar-refractivity contribution in [2.45, 2.75) is 25.8 Å². The van der Waals surface area contributed by atoms with Crippen LogP contribution in [0.25, 0.3) is 0 Å². The Hall–Kier alpha value is -0.940. The van der Waals surface area contributed by atoms with E-state index in [0.29, 0.717) is 26.3 Å². The average Bonchev–Trinajstić information content (AvgIpc) is 2.82. The second kappa shape index (κ2) is 5.60. The van der Waals surface area contributed by atoms with Crippen LogP contribution in [0.5, 0.6) is 0 Å². The van der Waals surface area contributed by atoms with Gasteiger partial charge in [-0.15, -0.1) is 0 Å². The van der Waals surface area contributed by atoms with Crippen molar-refractivity contribution in [2.75, 3.05) is 32.8 Å². The Morgan fingerprint density at radius 2 is 2.41 bits per heavy atom. The number of amides is 1. The van der Waals surface area contributed by atoms with E-state index in [-0.39, 0.29) is 23.7 Å². The molecule has 2 heterocycles. The molecule has 0 aromatic heterocycles. The Balaban J connectivity index is 1.91. The van der Waals surface area contributed by atoms with Gasteiger partial charge in [-0.1, -0.05) is 6.92 Å². The minimum absolute atomic E-state index is 0.0393. The fourth-order valence-electron chi connectivity index (χ4n) is 2.51. The zero-order chi connectivity index (χ0) is 12.3. The molecule has 2 aliphatic rings. The Labute approximate surface area is 101 Å². The number of piperazine rings is 1. The lowest BCUT2D eigenvalue weighted by molar-refractivity contribution is -0.132. The van der Waals surface area contributed by atoms with Gasteiger partial charge in [-0.25, -0.2) is 0 Å². The van der Waals surface area contributed by atoms with Gasteiger partial charge in [0.25, 0.3) is 0 Å². The molecule has 0 spiro atoms. The van der Waals surface area contributed by atoms with E-state index in [1.165, 1.54) is 0 Å². The van der Waals surface area contributed by atoms with Crippen LogP contribution in [0.4, 0.5) is 0 Å². The minimum atomic E-state index is -0.143. The molecule has 0 bridgehead atoms. The highest BCUT2D eigenvalue weighted by Gasteiger charge is 2.32. The zero-order valence-electron chi connectivity index (χ0n) is 10.3. The van der Waals surface area contributed by atoms with Crippen molar-refractivity contribution in [1.82, 2.24) is 10.2 Å². The van der Waals surface area contributed by atoms with Crippen LogP contribution in [0.2, 0.25) is 0 Å². The van der Waals surface area contributed by atoms with Gasteiger partial charge < -0.3 is 10.1 Å². The third-order valence-corrected chi connectivity index (χ3v) is 3.57. The Morgan fingerprint density at radius 1 is 1.59 bits per heavy atom. The molecule has 5 heteroatoms. The molecule has 2 atom stereocenters. The monoisotopic (exact) mass is 240 g/mol. The molecule has 1 amide bonds. The summed E-state index contributed by atoms with van der Waals surface area (Å²) in [5.74, 6) is 0.308. The molecule has 2 unspecified atom stereocenters. The Morgan fingerprint density at radius 3 is 3.06 bits per heavy atom. The van der Waals surface area contributed by atoms with Crippen LogP contribution in [-0.2, 0) is 14.3 Å². The van der Waals surface area contributed by atoms with Crippen molar-refractivity contribution in [1.29, 1.82) is 0 Å². The molecule has 17 heavy (non-hydrogen) atoms. The summed E-state index contributed by atoms with van der Waals surface area (Å²) in [5.41, 5.74) is 0. The normalized spacial score (nSPS) is 30.3. The van der Waals surface area contributed by atoms with Crippen LogP contribution in [0.3, 0.4) is 0 Å². The fourth-order valence-corrected chi connectivity index (χ4v) is 2.51. The van der Waals surface area contributed by atoms with Gasteiger partial charge in [-0.2, -0.15) is 0 Å². The number of ether oxygens (including phenoxy) is 1. The number of Topliss-reactive ketones (excluding diaryl/α,β-unsaturated/α-hetero) is 1. The summed E-state index contributed by atoms with van der Waals surface area (Å²) in [4.78, 5) is 25.7. The van der Waals surface area contributed by atoms with E-state index in [1.54, 1.807) is 0 Å². The molecular formula is C12H20N2O3. The van der Waals surface area contributed by atoms with Crippen LogP contribution < -0.4 is 5.32 Å². The third-order valence-electron chi connectivity index (χ3n) is 3.57. The van der Waals surface area contributed by atoms with E-state index in [4.69, 9.17) is 4.74 Å². The second-order valence-electron chi connectivity index (χ2n) is 4.71. The lowest BCUT2D eigenvalue weighted by atomic mass is 10.0. The summed E-state index contributed by atoms with van der Waals surface area (Å²) in [6, 6.07) is -0.143. The summed E-state index contributed by atoms with van der Waals surface area (Å²) >= 11 is 0. The maximum atomic E-state index is 12.0. The predicted octanol–water partition coefficient (Wildman–Crippen LogP) is -0.198. The van der Waals surface area contributed by atoms with Crippen molar-refractivity contribution in [3.8, 4) is 0 Å². The van der Waals surface area contributed by atoms with E-state index >= 15 is 0 Å². The highest BCUT2D eigenvalue weighted by atomic mass is 16.5. The number of ketones is 1. The van der Waals surface area contributed by atoms with E-state index in [1.807, 2.05) is 11.8 Å². The molecule has 0 saturated carbocycles. The zero-order valence-corrected chi connectivity index (χ0v) is 10.3. The standard InChI is InChI=1S/C12H20N2O3/c1-2-10-12(16)13-4-5-14(10)7-11(15)9-3-6-17-8-9/h9-10H,2-8H2,1H3,(H,13,16). The summed E-state index contributed by atoms with van der Waals surface area (Å²) in [5, 5.41) is 2.84. The molecular weight excluding hydrogens is 220 g/mol. The molecule has 0 radical (unpaired) electrons. The number of hydrogen-bond donors (Lipinski definition) is 1. The predicted molar refractivity (Wildman–Crippen MR) is 62.6 cm³/mol. The maximum absolute atomic E-state index is 12.0. The summed E-state index contributed by atoms with van der Waals surface area (Å²) in [6.45, 7) is 5.02. The molecule has 96 valence electrons.